The summed E-state index contributed by atoms with van der Waals surface area (Å²) in [4.78, 5) is 12.0. The number of aromatic hydroxyl groups is 1. The van der Waals surface area contributed by atoms with Gasteiger partial charge in [0.2, 0.25) is 0 Å². The van der Waals surface area contributed by atoms with Gasteiger partial charge in [0.25, 0.3) is 5.91 Å². The van der Waals surface area contributed by atoms with Crippen molar-refractivity contribution in [3.8, 4) is 11.8 Å². The molecule has 0 atom stereocenters. The third-order valence-electron chi connectivity index (χ3n) is 2.84. The molecule has 0 aliphatic heterocycles. The van der Waals surface area contributed by atoms with Crippen LogP contribution in [0, 0.1) is 11.3 Å². The van der Waals surface area contributed by atoms with Crippen LogP contribution in [-0.4, -0.2) is 11.0 Å². The number of amides is 1. The third kappa shape index (κ3) is 4.22. The first-order valence-corrected chi connectivity index (χ1v) is 6.42. The van der Waals surface area contributed by atoms with Gasteiger partial charge >= 0.3 is 0 Å². The highest BCUT2D eigenvalue weighted by molar-refractivity contribution is 6.01. The van der Waals surface area contributed by atoms with E-state index in [1.165, 1.54) is 18.2 Å². The van der Waals surface area contributed by atoms with Gasteiger partial charge in [-0.1, -0.05) is 42.5 Å². The molecule has 0 aromatic heterocycles. The van der Waals surface area contributed by atoms with Crippen LogP contribution < -0.4 is 5.32 Å². The van der Waals surface area contributed by atoms with Gasteiger partial charge < -0.3 is 10.4 Å². The van der Waals surface area contributed by atoms with Gasteiger partial charge in [-0.25, -0.2) is 0 Å². The van der Waals surface area contributed by atoms with E-state index in [-0.39, 0.29) is 11.3 Å². The van der Waals surface area contributed by atoms with Gasteiger partial charge in [-0.05, 0) is 29.3 Å². The fraction of sp³-hybridized carbons (Fsp3) is 0.0588. The lowest BCUT2D eigenvalue weighted by Crippen LogP contribution is -2.23. The van der Waals surface area contributed by atoms with Crippen molar-refractivity contribution >= 4 is 12.0 Å². The monoisotopic (exact) mass is 278 g/mol. The lowest BCUT2D eigenvalue weighted by atomic mass is 10.1. The van der Waals surface area contributed by atoms with Crippen molar-refractivity contribution in [1.82, 2.24) is 5.32 Å². The number of benzene rings is 2. The maximum atomic E-state index is 12.0. The van der Waals surface area contributed by atoms with Crippen molar-refractivity contribution < 1.29 is 9.90 Å². The summed E-state index contributed by atoms with van der Waals surface area (Å²) in [7, 11) is 0. The molecule has 104 valence electrons. The predicted molar refractivity (Wildman–Crippen MR) is 80.0 cm³/mol. The van der Waals surface area contributed by atoms with Crippen molar-refractivity contribution in [3.63, 3.8) is 0 Å². The van der Waals surface area contributed by atoms with Gasteiger partial charge in [0, 0.05) is 6.54 Å². The molecule has 21 heavy (non-hydrogen) atoms. The quantitative estimate of drug-likeness (QED) is 0.667. The second-order valence-corrected chi connectivity index (χ2v) is 4.43. The molecule has 0 saturated heterocycles. The summed E-state index contributed by atoms with van der Waals surface area (Å²) in [5, 5.41) is 21.2. The topological polar surface area (TPSA) is 73.1 Å². The third-order valence-corrected chi connectivity index (χ3v) is 2.84. The average molecular weight is 278 g/mol. The van der Waals surface area contributed by atoms with Crippen molar-refractivity contribution in [2.75, 3.05) is 0 Å². The zero-order valence-electron chi connectivity index (χ0n) is 11.3. The summed E-state index contributed by atoms with van der Waals surface area (Å²) < 4.78 is 0. The minimum atomic E-state index is -0.440. The van der Waals surface area contributed by atoms with Crippen LogP contribution in [0.25, 0.3) is 6.08 Å². The molecule has 0 heterocycles. The Hall–Kier alpha value is -3.06. The van der Waals surface area contributed by atoms with E-state index in [2.05, 4.69) is 5.32 Å². The number of nitrogens with zero attached hydrogens (tertiary/aromatic N) is 1. The van der Waals surface area contributed by atoms with E-state index in [0.29, 0.717) is 12.1 Å². The maximum Gasteiger partial charge on any atom is 0.262 e. The van der Waals surface area contributed by atoms with Gasteiger partial charge in [0.1, 0.15) is 17.4 Å². The summed E-state index contributed by atoms with van der Waals surface area (Å²) >= 11 is 0. The first-order valence-electron chi connectivity index (χ1n) is 6.42. The Morgan fingerprint density at radius 1 is 1.19 bits per heavy atom. The Balaban J connectivity index is 2.07. The highest BCUT2D eigenvalue weighted by Gasteiger charge is 2.08. The van der Waals surface area contributed by atoms with E-state index in [1.807, 2.05) is 36.4 Å². The normalized spacial score (nSPS) is 10.7. The van der Waals surface area contributed by atoms with Crippen LogP contribution in [0.15, 0.2) is 60.2 Å². The van der Waals surface area contributed by atoms with Gasteiger partial charge in [0.15, 0.2) is 0 Å². The van der Waals surface area contributed by atoms with Crippen molar-refractivity contribution in [3.05, 3.63) is 71.3 Å². The van der Waals surface area contributed by atoms with E-state index in [9.17, 15) is 9.90 Å². The van der Waals surface area contributed by atoms with Crippen LogP contribution in [0.4, 0.5) is 0 Å². The second kappa shape index (κ2) is 6.92. The molecule has 2 aromatic rings. The van der Waals surface area contributed by atoms with E-state index < -0.39 is 5.91 Å². The number of carbonyl (C=O) groups excluding carboxylic acids is 1. The number of carbonyl (C=O) groups is 1. The molecule has 0 aliphatic carbocycles. The van der Waals surface area contributed by atoms with Gasteiger partial charge in [-0.2, -0.15) is 5.26 Å². The summed E-state index contributed by atoms with van der Waals surface area (Å²) in [6, 6.07) is 17.7. The van der Waals surface area contributed by atoms with Crippen LogP contribution in [0.1, 0.15) is 11.1 Å². The number of nitriles is 1. The highest BCUT2D eigenvalue weighted by Crippen LogP contribution is 2.14. The molecule has 0 unspecified atom stereocenters. The number of hydrogen-bond donors (Lipinski definition) is 2. The molecule has 4 nitrogen and oxygen atoms in total. The molecule has 0 aliphatic rings. The van der Waals surface area contributed by atoms with Crippen molar-refractivity contribution in [2.45, 2.75) is 6.54 Å². The van der Waals surface area contributed by atoms with Crippen LogP contribution >= 0.6 is 0 Å². The summed E-state index contributed by atoms with van der Waals surface area (Å²) in [6.45, 7) is 0.360. The molecule has 4 heteroatoms. The van der Waals surface area contributed by atoms with Gasteiger partial charge in [-0.15, -0.1) is 0 Å². The fourth-order valence-corrected chi connectivity index (χ4v) is 1.80. The SMILES string of the molecule is N#CC(=Cc1cccc(O)c1)C(=O)NCc1ccccc1. The first-order chi connectivity index (χ1) is 10.2. The Morgan fingerprint density at radius 2 is 1.95 bits per heavy atom. The molecule has 0 radical (unpaired) electrons. The van der Waals surface area contributed by atoms with Gasteiger partial charge in [-0.3, -0.25) is 4.79 Å². The summed E-state index contributed by atoms with van der Waals surface area (Å²) in [5.74, 6) is -0.351. The minimum Gasteiger partial charge on any atom is -0.508 e. The van der Waals surface area contributed by atoms with Crippen LogP contribution in [0.2, 0.25) is 0 Å². The van der Waals surface area contributed by atoms with Crippen LogP contribution in [0.3, 0.4) is 0 Å². The molecule has 0 spiro atoms. The molecule has 0 bridgehead atoms. The van der Waals surface area contributed by atoms with E-state index in [1.54, 1.807) is 12.1 Å². The number of phenols is 1. The Morgan fingerprint density at radius 3 is 2.62 bits per heavy atom. The van der Waals surface area contributed by atoms with Crippen molar-refractivity contribution in [2.24, 2.45) is 0 Å². The molecule has 2 aromatic carbocycles. The minimum absolute atomic E-state index is 0.00321. The van der Waals surface area contributed by atoms with Gasteiger partial charge in [0.05, 0.1) is 0 Å². The fourth-order valence-electron chi connectivity index (χ4n) is 1.80. The second-order valence-electron chi connectivity index (χ2n) is 4.43. The lowest BCUT2D eigenvalue weighted by Gasteiger charge is -2.04. The van der Waals surface area contributed by atoms with Crippen molar-refractivity contribution in [1.29, 1.82) is 5.26 Å². The number of nitrogens with one attached hydrogen (secondary N) is 1. The summed E-state index contributed by atoms with van der Waals surface area (Å²) in [6.07, 6.45) is 1.44. The molecule has 2 rings (SSSR count). The Kier molecular flexibility index (Phi) is 4.73. The Labute approximate surface area is 123 Å². The van der Waals surface area contributed by atoms with Crippen LogP contribution in [-0.2, 0) is 11.3 Å². The van der Waals surface area contributed by atoms with E-state index >= 15 is 0 Å². The lowest BCUT2D eigenvalue weighted by molar-refractivity contribution is -0.117. The molecular formula is C17H14N2O2. The number of hydrogen-bond acceptors (Lipinski definition) is 3. The summed E-state index contributed by atoms with van der Waals surface area (Å²) in [5.41, 5.74) is 1.55. The number of rotatable bonds is 4. The molecule has 1 amide bonds. The largest absolute Gasteiger partial charge is 0.508 e. The average Bonchev–Trinajstić information content (AvgIpc) is 2.51. The highest BCUT2D eigenvalue weighted by atomic mass is 16.3. The number of phenolic OH excluding ortho intramolecular Hbond substituents is 1. The zero-order valence-corrected chi connectivity index (χ0v) is 11.3. The van der Waals surface area contributed by atoms with E-state index in [0.717, 1.165) is 5.56 Å². The first kappa shape index (κ1) is 14.4. The molecule has 0 fully saturated rings. The molecular weight excluding hydrogens is 264 g/mol. The zero-order chi connectivity index (χ0) is 15.1. The standard InChI is InChI=1S/C17H14N2O2/c18-11-15(9-14-7-4-8-16(20)10-14)17(21)19-12-13-5-2-1-3-6-13/h1-10,20H,12H2,(H,19,21). The van der Waals surface area contributed by atoms with Crippen LogP contribution in [0.5, 0.6) is 5.75 Å². The molecule has 0 saturated carbocycles. The smallest absolute Gasteiger partial charge is 0.262 e. The predicted octanol–water partition coefficient (Wildman–Crippen LogP) is 2.62. The maximum absolute atomic E-state index is 12.0. The van der Waals surface area contributed by atoms with E-state index in [4.69, 9.17) is 5.26 Å². The Bertz CT molecular complexity index is 700. The molecule has 2 N–H and O–H groups in total.